The zero-order valence-electron chi connectivity index (χ0n) is 13.6. The minimum absolute atomic E-state index is 0.204. The highest BCUT2D eigenvalue weighted by molar-refractivity contribution is 5.37. The average molecular weight is 306 g/mol. The predicted octanol–water partition coefficient (Wildman–Crippen LogP) is 3.63. The summed E-state index contributed by atoms with van der Waals surface area (Å²) in [5, 5.41) is 12.3. The van der Waals surface area contributed by atoms with E-state index in [0.29, 0.717) is 12.0 Å². The van der Waals surface area contributed by atoms with Crippen LogP contribution in [0.15, 0.2) is 48.7 Å². The van der Waals surface area contributed by atoms with Crippen LogP contribution in [-0.2, 0) is 0 Å². The molecule has 2 aromatic heterocycles. The highest BCUT2D eigenvalue weighted by Gasteiger charge is 2.32. The van der Waals surface area contributed by atoms with Crippen LogP contribution in [0, 0.1) is 6.92 Å². The Labute approximate surface area is 136 Å². The second-order valence-electron chi connectivity index (χ2n) is 6.60. The maximum Gasteiger partial charge on any atom is 0.160 e. The molecule has 0 radical (unpaired) electrons. The van der Waals surface area contributed by atoms with Crippen LogP contribution in [-0.4, -0.2) is 20.6 Å². The molecule has 1 N–H and O–H groups in total. The van der Waals surface area contributed by atoms with Crippen LogP contribution in [0.4, 0.5) is 0 Å². The number of nitrogens with zero attached hydrogens (tertiary/aromatic N) is 3. The van der Waals surface area contributed by atoms with Gasteiger partial charge in [-0.2, -0.15) is 0 Å². The first-order valence-corrected chi connectivity index (χ1v) is 8.33. The minimum atomic E-state index is 0.204. The number of fused-ring (bicyclic) bond motifs is 1. The number of hydrogen-bond donors (Lipinski definition) is 1. The van der Waals surface area contributed by atoms with Gasteiger partial charge in [0.2, 0.25) is 0 Å². The Morgan fingerprint density at radius 1 is 1.09 bits per heavy atom. The van der Waals surface area contributed by atoms with E-state index in [9.17, 15) is 0 Å². The number of benzene rings is 1. The molecular weight excluding hydrogens is 284 g/mol. The zero-order chi connectivity index (χ0) is 15.8. The van der Waals surface area contributed by atoms with Crippen LogP contribution < -0.4 is 5.32 Å². The van der Waals surface area contributed by atoms with Gasteiger partial charge in [0.05, 0.1) is 6.04 Å². The lowest BCUT2D eigenvalue weighted by atomic mass is 9.74. The number of rotatable bonds is 4. The normalized spacial score (nSPS) is 22.0. The van der Waals surface area contributed by atoms with Crippen LogP contribution >= 0.6 is 0 Å². The molecule has 0 spiro atoms. The minimum Gasteiger partial charge on any atom is -0.305 e. The molecule has 0 saturated heterocycles. The lowest BCUT2D eigenvalue weighted by Crippen LogP contribution is -2.41. The van der Waals surface area contributed by atoms with E-state index in [1.165, 1.54) is 24.0 Å². The van der Waals surface area contributed by atoms with E-state index in [1.54, 1.807) is 0 Å². The van der Waals surface area contributed by atoms with E-state index in [1.807, 2.05) is 24.4 Å². The van der Waals surface area contributed by atoms with Crippen molar-refractivity contribution in [2.24, 2.45) is 0 Å². The molecule has 2 heterocycles. The van der Waals surface area contributed by atoms with Gasteiger partial charge >= 0.3 is 0 Å². The molecule has 1 unspecified atom stereocenters. The fourth-order valence-corrected chi connectivity index (χ4v) is 3.64. The van der Waals surface area contributed by atoms with Crippen molar-refractivity contribution in [2.75, 3.05) is 0 Å². The van der Waals surface area contributed by atoms with Crippen molar-refractivity contribution in [3.05, 3.63) is 65.6 Å². The molecule has 0 amide bonds. The van der Waals surface area contributed by atoms with Crippen LogP contribution in [0.3, 0.4) is 0 Å². The van der Waals surface area contributed by atoms with E-state index in [-0.39, 0.29) is 6.04 Å². The van der Waals surface area contributed by atoms with Crippen molar-refractivity contribution in [1.82, 2.24) is 19.9 Å². The molecule has 23 heavy (non-hydrogen) atoms. The van der Waals surface area contributed by atoms with Gasteiger partial charge in [0.1, 0.15) is 0 Å². The molecular formula is C19H22N4. The van der Waals surface area contributed by atoms with Crippen LogP contribution in [0.5, 0.6) is 0 Å². The summed E-state index contributed by atoms with van der Waals surface area (Å²) in [5.74, 6) is 1.68. The van der Waals surface area contributed by atoms with E-state index in [0.717, 1.165) is 11.5 Å². The van der Waals surface area contributed by atoms with Gasteiger partial charge in [-0.15, -0.1) is 10.2 Å². The molecule has 4 rings (SSSR count). The summed E-state index contributed by atoms with van der Waals surface area (Å²) in [6, 6.07) is 15.5. The zero-order valence-corrected chi connectivity index (χ0v) is 13.6. The maximum atomic E-state index is 4.35. The number of nitrogens with one attached hydrogen (secondary N) is 1. The van der Waals surface area contributed by atoms with Gasteiger partial charge < -0.3 is 5.32 Å². The van der Waals surface area contributed by atoms with Crippen molar-refractivity contribution in [3.63, 3.8) is 0 Å². The largest absolute Gasteiger partial charge is 0.305 e. The number of pyridine rings is 1. The first-order chi connectivity index (χ1) is 11.2. The molecule has 0 bridgehead atoms. The number of aryl methyl sites for hydroxylation is 1. The SMILES string of the molecule is Cc1ccccc1C1CC(NC(C)c2nnc3ccccn23)C1. The monoisotopic (exact) mass is 306 g/mol. The highest BCUT2D eigenvalue weighted by Crippen LogP contribution is 2.39. The first-order valence-electron chi connectivity index (χ1n) is 8.33. The molecule has 1 aliphatic rings. The van der Waals surface area contributed by atoms with Crippen LogP contribution in [0.2, 0.25) is 0 Å². The Morgan fingerprint density at radius 3 is 2.70 bits per heavy atom. The Balaban J connectivity index is 1.41. The molecule has 4 nitrogen and oxygen atoms in total. The van der Waals surface area contributed by atoms with E-state index >= 15 is 0 Å². The summed E-state index contributed by atoms with van der Waals surface area (Å²) in [6.45, 7) is 4.38. The van der Waals surface area contributed by atoms with Gasteiger partial charge in [0.15, 0.2) is 11.5 Å². The van der Waals surface area contributed by atoms with E-state index in [4.69, 9.17) is 0 Å². The first kappa shape index (κ1) is 14.4. The topological polar surface area (TPSA) is 42.2 Å². The molecule has 1 fully saturated rings. The molecule has 1 atom stereocenters. The average Bonchev–Trinajstić information content (AvgIpc) is 2.95. The molecule has 1 aliphatic carbocycles. The summed E-state index contributed by atoms with van der Waals surface area (Å²) in [6.07, 6.45) is 4.43. The van der Waals surface area contributed by atoms with Crippen molar-refractivity contribution < 1.29 is 0 Å². The van der Waals surface area contributed by atoms with E-state index < -0.39 is 0 Å². The Hall–Kier alpha value is -2.20. The van der Waals surface area contributed by atoms with Crippen LogP contribution in [0.25, 0.3) is 5.65 Å². The lowest BCUT2D eigenvalue weighted by Gasteiger charge is -2.38. The van der Waals surface area contributed by atoms with Crippen molar-refractivity contribution in [1.29, 1.82) is 0 Å². The quantitative estimate of drug-likeness (QED) is 0.800. The Morgan fingerprint density at radius 2 is 1.87 bits per heavy atom. The highest BCUT2D eigenvalue weighted by atomic mass is 15.3. The molecule has 1 aromatic carbocycles. The fraction of sp³-hybridized carbons (Fsp3) is 0.368. The summed E-state index contributed by atoms with van der Waals surface area (Å²) >= 11 is 0. The predicted molar refractivity (Wildman–Crippen MR) is 91.5 cm³/mol. The summed E-state index contributed by atoms with van der Waals surface area (Å²) in [4.78, 5) is 0. The smallest absolute Gasteiger partial charge is 0.160 e. The number of aromatic nitrogens is 3. The van der Waals surface area contributed by atoms with Gasteiger partial charge in [-0.25, -0.2) is 0 Å². The molecule has 4 heteroatoms. The van der Waals surface area contributed by atoms with Gasteiger partial charge in [0, 0.05) is 12.2 Å². The third-order valence-corrected chi connectivity index (χ3v) is 4.98. The fourth-order valence-electron chi connectivity index (χ4n) is 3.64. The standard InChI is InChI=1S/C19H22N4/c1-13-7-3-4-8-17(13)15-11-16(12-15)20-14(2)19-22-21-18-9-5-6-10-23(18)19/h3-10,14-16,20H,11-12H2,1-2H3. The Bertz CT molecular complexity index is 817. The number of hydrogen-bond acceptors (Lipinski definition) is 3. The summed E-state index contributed by atoms with van der Waals surface area (Å²) in [7, 11) is 0. The molecule has 3 aromatic rings. The van der Waals surface area contributed by atoms with Crippen molar-refractivity contribution in [3.8, 4) is 0 Å². The van der Waals surface area contributed by atoms with Crippen LogP contribution in [0.1, 0.15) is 48.7 Å². The second kappa shape index (κ2) is 5.78. The third-order valence-electron chi connectivity index (χ3n) is 4.98. The van der Waals surface area contributed by atoms with Gasteiger partial charge in [0.25, 0.3) is 0 Å². The molecule has 0 aliphatic heterocycles. The second-order valence-corrected chi connectivity index (χ2v) is 6.60. The van der Waals surface area contributed by atoms with Gasteiger partial charge in [-0.3, -0.25) is 4.40 Å². The Kier molecular flexibility index (Phi) is 3.62. The van der Waals surface area contributed by atoms with Crippen molar-refractivity contribution in [2.45, 2.75) is 44.7 Å². The van der Waals surface area contributed by atoms with Gasteiger partial charge in [-0.1, -0.05) is 30.3 Å². The third kappa shape index (κ3) is 2.63. The molecule has 1 saturated carbocycles. The lowest BCUT2D eigenvalue weighted by molar-refractivity contribution is 0.266. The molecule has 118 valence electrons. The maximum absolute atomic E-state index is 4.35. The van der Waals surface area contributed by atoms with E-state index in [2.05, 4.69) is 58.0 Å². The van der Waals surface area contributed by atoms with Gasteiger partial charge in [-0.05, 0) is 55.9 Å². The summed E-state index contributed by atoms with van der Waals surface area (Å²) in [5.41, 5.74) is 3.82. The van der Waals surface area contributed by atoms with Crippen molar-refractivity contribution >= 4 is 5.65 Å². The summed E-state index contributed by atoms with van der Waals surface area (Å²) < 4.78 is 2.06.